The second-order valence-corrected chi connectivity index (χ2v) is 6.67. The number of carbonyl (C=O) groups is 1. The van der Waals surface area contributed by atoms with E-state index in [9.17, 15) is 9.18 Å². The lowest BCUT2D eigenvalue weighted by molar-refractivity contribution is 0.0767. The van der Waals surface area contributed by atoms with Gasteiger partial charge in [-0.15, -0.1) is 23.7 Å². The number of hydrogen-bond acceptors (Lipinski definition) is 4. The minimum absolute atomic E-state index is 0. The quantitative estimate of drug-likeness (QED) is 0.903. The van der Waals surface area contributed by atoms with Gasteiger partial charge in [-0.05, 0) is 35.6 Å². The Morgan fingerprint density at radius 3 is 2.54 bits per heavy atom. The number of thiophene rings is 1. The maximum absolute atomic E-state index is 13.0. The molecule has 1 aliphatic rings. The molecule has 0 saturated carbocycles. The number of rotatable bonds is 3. The van der Waals surface area contributed by atoms with Crippen LogP contribution in [0.25, 0.3) is 0 Å². The van der Waals surface area contributed by atoms with E-state index in [-0.39, 0.29) is 24.1 Å². The maximum Gasteiger partial charge on any atom is 0.266 e. The predicted molar refractivity (Wildman–Crippen MR) is 98.2 cm³/mol. The molecule has 2 heterocycles. The molecule has 130 valence electrons. The molecule has 3 rings (SSSR count). The SMILES string of the molecule is Cl.Nc1ccsc1C(=O)N1CCCN(Cc2ccc(F)cc2)CC1. The minimum atomic E-state index is -0.213. The van der Waals surface area contributed by atoms with Gasteiger partial charge in [0.05, 0.1) is 5.69 Å². The van der Waals surface area contributed by atoms with Crippen molar-refractivity contribution in [3.05, 3.63) is 52.0 Å². The Hall–Kier alpha value is -1.63. The molecule has 1 aromatic carbocycles. The van der Waals surface area contributed by atoms with Gasteiger partial charge in [0, 0.05) is 32.7 Å². The van der Waals surface area contributed by atoms with Crippen molar-refractivity contribution in [2.24, 2.45) is 0 Å². The van der Waals surface area contributed by atoms with Crippen LogP contribution in [-0.4, -0.2) is 41.9 Å². The molecule has 0 spiro atoms. The van der Waals surface area contributed by atoms with E-state index < -0.39 is 0 Å². The zero-order chi connectivity index (χ0) is 16.2. The molecule has 1 aromatic heterocycles. The van der Waals surface area contributed by atoms with Crippen molar-refractivity contribution in [1.29, 1.82) is 0 Å². The van der Waals surface area contributed by atoms with Crippen molar-refractivity contribution < 1.29 is 9.18 Å². The van der Waals surface area contributed by atoms with Crippen LogP contribution in [0.5, 0.6) is 0 Å². The topological polar surface area (TPSA) is 49.6 Å². The van der Waals surface area contributed by atoms with Crippen molar-refractivity contribution in [3.63, 3.8) is 0 Å². The Kier molecular flexibility index (Phi) is 6.60. The summed E-state index contributed by atoms with van der Waals surface area (Å²) in [7, 11) is 0. The summed E-state index contributed by atoms with van der Waals surface area (Å²) in [5.41, 5.74) is 7.50. The monoisotopic (exact) mass is 369 g/mol. The summed E-state index contributed by atoms with van der Waals surface area (Å²) in [6, 6.07) is 8.38. The molecule has 24 heavy (non-hydrogen) atoms. The molecular formula is C17H21ClFN3OS. The number of anilines is 1. The molecule has 2 N–H and O–H groups in total. The maximum atomic E-state index is 13.0. The van der Waals surface area contributed by atoms with Crippen LogP contribution in [0.1, 0.15) is 21.7 Å². The van der Waals surface area contributed by atoms with Crippen LogP contribution >= 0.6 is 23.7 Å². The average molecular weight is 370 g/mol. The number of hydrogen-bond donors (Lipinski definition) is 1. The van der Waals surface area contributed by atoms with Gasteiger partial charge in [-0.25, -0.2) is 4.39 Å². The van der Waals surface area contributed by atoms with Gasteiger partial charge >= 0.3 is 0 Å². The Morgan fingerprint density at radius 2 is 1.88 bits per heavy atom. The van der Waals surface area contributed by atoms with Gasteiger partial charge in [0.15, 0.2) is 0 Å². The molecule has 0 unspecified atom stereocenters. The molecule has 4 nitrogen and oxygen atoms in total. The average Bonchev–Trinajstić information content (AvgIpc) is 2.84. The fourth-order valence-electron chi connectivity index (χ4n) is 2.82. The van der Waals surface area contributed by atoms with Gasteiger partial charge in [-0.3, -0.25) is 9.69 Å². The first kappa shape index (κ1) is 18.7. The van der Waals surface area contributed by atoms with Crippen LogP contribution < -0.4 is 5.73 Å². The van der Waals surface area contributed by atoms with Gasteiger partial charge in [0.2, 0.25) is 0 Å². The van der Waals surface area contributed by atoms with Crippen LogP contribution in [0.4, 0.5) is 10.1 Å². The number of nitrogens with two attached hydrogens (primary N) is 1. The Labute approximate surface area is 151 Å². The van der Waals surface area contributed by atoms with E-state index in [0.29, 0.717) is 17.1 Å². The lowest BCUT2D eigenvalue weighted by atomic mass is 10.2. The Bertz CT molecular complexity index is 677. The van der Waals surface area contributed by atoms with Crippen molar-refractivity contribution >= 4 is 35.3 Å². The van der Waals surface area contributed by atoms with E-state index in [2.05, 4.69) is 4.90 Å². The van der Waals surface area contributed by atoms with Crippen molar-refractivity contribution in [2.75, 3.05) is 31.9 Å². The highest BCUT2D eigenvalue weighted by Gasteiger charge is 2.22. The lowest BCUT2D eigenvalue weighted by Gasteiger charge is -2.22. The third-order valence-corrected chi connectivity index (χ3v) is 5.00. The summed E-state index contributed by atoms with van der Waals surface area (Å²) in [5, 5.41) is 1.85. The molecule has 0 radical (unpaired) electrons. The minimum Gasteiger partial charge on any atom is -0.397 e. The van der Waals surface area contributed by atoms with E-state index in [1.807, 2.05) is 22.4 Å². The predicted octanol–water partition coefficient (Wildman–Crippen LogP) is 3.24. The molecule has 1 saturated heterocycles. The second-order valence-electron chi connectivity index (χ2n) is 5.75. The standard InChI is InChI=1S/C17H20FN3OS.ClH/c18-14-4-2-13(3-5-14)12-20-7-1-8-21(10-9-20)17(22)16-15(19)6-11-23-16;/h2-6,11H,1,7-10,12,19H2;1H. The molecule has 7 heteroatoms. The molecule has 0 bridgehead atoms. The third-order valence-electron chi connectivity index (χ3n) is 4.09. The lowest BCUT2D eigenvalue weighted by Crippen LogP contribution is -2.35. The highest BCUT2D eigenvalue weighted by molar-refractivity contribution is 7.12. The summed E-state index contributed by atoms with van der Waals surface area (Å²) in [6.45, 7) is 3.96. The Balaban J connectivity index is 0.00000208. The van der Waals surface area contributed by atoms with Crippen LogP contribution in [0.15, 0.2) is 35.7 Å². The van der Waals surface area contributed by atoms with Gasteiger partial charge in [0.1, 0.15) is 10.7 Å². The normalized spacial score (nSPS) is 15.6. The van der Waals surface area contributed by atoms with E-state index in [1.165, 1.54) is 23.5 Å². The van der Waals surface area contributed by atoms with E-state index in [4.69, 9.17) is 5.73 Å². The third kappa shape index (κ3) is 4.47. The second kappa shape index (κ2) is 8.46. The fourth-order valence-corrected chi connectivity index (χ4v) is 3.60. The summed E-state index contributed by atoms with van der Waals surface area (Å²) in [4.78, 5) is 17.4. The van der Waals surface area contributed by atoms with Gasteiger partial charge < -0.3 is 10.6 Å². The molecule has 0 aliphatic carbocycles. The molecule has 1 amide bonds. The van der Waals surface area contributed by atoms with E-state index >= 15 is 0 Å². The number of carbonyl (C=O) groups excluding carboxylic acids is 1. The van der Waals surface area contributed by atoms with Gasteiger partial charge in [0.25, 0.3) is 5.91 Å². The van der Waals surface area contributed by atoms with Crippen LogP contribution in [0.3, 0.4) is 0 Å². The first-order chi connectivity index (χ1) is 11.1. The van der Waals surface area contributed by atoms with Crippen LogP contribution in [-0.2, 0) is 6.54 Å². The molecule has 1 aliphatic heterocycles. The number of benzene rings is 1. The number of amides is 1. The first-order valence-electron chi connectivity index (χ1n) is 7.72. The van der Waals surface area contributed by atoms with Crippen LogP contribution in [0, 0.1) is 5.82 Å². The van der Waals surface area contributed by atoms with Gasteiger partial charge in [-0.2, -0.15) is 0 Å². The number of halogens is 2. The summed E-state index contributed by atoms with van der Waals surface area (Å²) < 4.78 is 13.0. The van der Waals surface area contributed by atoms with E-state index in [0.717, 1.165) is 38.2 Å². The summed E-state index contributed by atoms with van der Waals surface area (Å²) >= 11 is 1.40. The van der Waals surface area contributed by atoms with Crippen molar-refractivity contribution in [2.45, 2.75) is 13.0 Å². The zero-order valence-electron chi connectivity index (χ0n) is 13.3. The largest absolute Gasteiger partial charge is 0.397 e. The summed E-state index contributed by atoms with van der Waals surface area (Å²) in [6.07, 6.45) is 0.929. The van der Waals surface area contributed by atoms with Crippen molar-refractivity contribution in [1.82, 2.24) is 9.80 Å². The van der Waals surface area contributed by atoms with E-state index in [1.54, 1.807) is 6.07 Å². The highest BCUT2D eigenvalue weighted by atomic mass is 35.5. The first-order valence-corrected chi connectivity index (χ1v) is 8.60. The highest BCUT2D eigenvalue weighted by Crippen LogP contribution is 2.21. The van der Waals surface area contributed by atoms with Crippen LogP contribution in [0.2, 0.25) is 0 Å². The Morgan fingerprint density at radius 1 is 1.12 bits per heavy atom. The fraction of sp³-hybridized carbons (Fsp3) is 0.353. The number of nitrogen functional groups attached to an aromatic ring is 1. The van der Waals surface area contributed by atoms with Crippen molar-refractivity contribution in [3.8, 4) is 0 Å². The molecule has 1 fully saturated rings. The molecular weight excluding hydrogens is 349 g/mol. The zero-order valence-corrected chi connectivity index (χ0v) is 14.9. The smallest absolute Gasteiger partial charge is 0.266 e. The molecule has 2 aromatic rings. The van der Waals surface area contributed by atoms with Gasteiger partial charge in [-0.1, -0.05) is 12.1 Å². The summed E-state index contributed by atoms with van der Waals surface area (Å²) in [5.74, 6) is -0.184. The number of nitrogens with zero attached hydrogens (tertiary/aromatic N) is 2. The molecule has 0 atom stereocenters.